The minimum atomic E-state index is -0.698. The second-order valence-corrected chi connectivity index (χ2v) is 4.48. The minimum Gasteiger partial charge on any atom is -0.387 e. The Labute approximate surface area is 96.5 Å². The molecular weight excluding hydrogens is 200 g/mol. The molecule has 0 aromatic heterocycles. The number of aliphatic hydroxyl groups is 1. The molecule has 0 aliphatic rings. The van der Waals surface area contributed by atoms with Crippen molar-refractivity contribution in [3.63, 3.8) is 0 Å². The van der Waals surface area contributed by atoms with E-state index in [0.29, 0.717) is 17.0 Å². The maximum absolute atomic E-state index is 10.0. The van der Waals surface area contributed by atoms with Crippen molar-refractivity contribution < 1.29 is 5.11 Å². The first-order chi connectivity index (χ1) is 7.54. The van der Waals surface area contributed by atoms with Crippen molar-refractivity contribution in [1.82, 2.24) is 0 Å². The van der Waals surface area contributed by atoms with Gasteiger partial charge in [-0.15, -0.1) is 0 Å². The maximum atomic E-state index is 10.0. The van der Waals surface area contributed by atoms with Crippen LogP contribution >= 0.6 is 0 Å². The molecule has 0 bridgehead atoms. The predicted octanol–water partition coefficient (Wildman–Crippen LogP) is 1.97. The molecule has 0 radical (unpaired) electrons. The van der Waals surface area contributed by atoms with Crippen LogP contribution in [0.2, 0.25) is 0 Å². The zero-order chi connectivity index (χ0) is 12.1. The van der Waals surface area contributed by atoms with Crippen molar-refractivity contribution in [2.75, 3.05) is 0 Å². The highest BCUT2D eigenvalue weighted by Gasteiger charge is 2.18. The summed E-state index contributed by atoms with van der Waals surface area (Å²) < 4.78 is 0. The van der Waals surface area contributed by atoms with E-state index in [1.807, 2.05) is 0 Å². The van der Waals surface area contributed by atoms with Crippen LogP contribution in [0.1, 0.15) is 37.5 Å². The van der Waals surface area contributed by atoms with Crippen molar-refractivity contribution in [3.05, 3.63) is 35.4 Å². The summed E-state index contributed by atoms with van der Waals surface area (Å²) in [4.78, 5) is 0. The second-order valence-electron chi connectivity index (χ2n) is 4.48. The van der Waals surface area contributed by atoms with Gasteiger partial charge in [0, 0.05) is 6.04 Å². The summed E-state index contributed by atoms with van der Waals surface area (Å²) in [6.07, 6.45) is 0.0634. The Balaban J connectivity index is 2.79. The van der Waals surface area contributed by atoms with Gasteiger partial charge in [0.15, 0.2) is 0 Å². The van der Waals surface area contributed by atoms with Gasteiger partial charge in [-0.3, -0.25) is 0 Å². The number of rotatable bonds is 4. The molecule has 0 saturated heterocycles. The monoisotopic (exact) mass is 218 g/mol. The van der Waals surface area contributed by atoms with Crippen LogP contribution in [-0.2, 0) is 0 Å². The fraction of sp³-hybridized carbons (Fsp3) is 0.462. The Hall–Kier alpha value is -1.37. The maximum Gasteiger partial charge on any atom is 0.0991 e. The highest BCUT2D eigenvalue weighted by atomic mass is 16.3. The molecule has 86 valence electrons. The van der Waals surface area contributed by atoms with Crippen LogP contribution in [0.3, 0.4) is 0 Å². The molecule has 0 aliphatic carbocycles. The summed E-state index contributed by atoms with van der Waals surface area (Å²) in [6.45, 7) is 4.14. The van der Waals surface area contributed by atoms with Gasteiger partial charge in [-0.05, 0) is 30.0 Å². The first-order valence-electron chi connectivity index (χ1n) is 5.48. The van der Waals surface area contributed by atoms with Crippen molar-refractivity contribution >= 4 is 0 Å². The largest absolute Gasteiger partial charge is 0.387 e. The van der Waals surface area contributed by atoms with E-state index in [1.165, 1.54) is 0 Å². The van der Waals surface area contributed by atoms with Gasteiger partial charge in [-0.2, -0.15) is 5.26 Å². The van der Waals surface area contributed by atoms with Crippen LogP contribution in [0.15, 0.2) is 24.3 Å². The van der Waals surface area contributed by atoms with Crippen LogP contribution in [0, 0.1) is 17.2 Å². The third-order valence-corrected chi connectivity index (χ3v) is 2.51. The standard InChI is InChI=1S/C13H18N2O/c1-9(2)6-12(15)13(16)11-5-3-4-10(7-11)8-14/h3-5,7,9,12-13,16H,6,15H2,1-2H3. The molecule has 3 nitrogen and oxygen atoms in total. The van der Waals surface area contributed by atoms with Gasteiger partial charge in [-0.1, -0.05) is 26.0 Å². The van der Waals surface area contributed by atoms with E-state index in [-0.39, 0.29) is 6.04 Å². The second kappa shape index (κ2) is 5.64. The molecule has 1 rings (SSSR count). The molecule has 1 aromatic carbocycles. The summed E-state index contributed by atoms with van der Waals surface area (Å²) >= 11 is 0. The normalized spacial score (nSPS) is 14.5. The van der Waals surface area contributed by atoms with Gasteiger partial charge < -0.3 is 10.8 Å². The van der Waals surface area contributed by atoms with E-state index in [2.05, 4.69) is 19.9 Å². The molecule has 3 N–H and O–H groups in total. The lowest BCUT2D eigenvalue weighted by Gasteiger charge is -2.20. The Morgan fingerprint density at radius 1 is 1.44 bits per heavy atom. The average molecular weight is 218 g/mol. The Bertz CT molecular complexity index is 382. The number of hydrogen-bond donors (Lipinski definition) is 2. The van der Waals surface area contributed by atoms with E-state index in [9.17, 15) is 5.11 Å². The minimum absolute atomic E-state index is 0.283. The number of nitrogens with zero attached hydrogens (tertiary/aromatic N) is 1. The predicted molar refractivity (Wildman–Crippen MR) is 63.5 cm³/mol. The van der Waals surface area contributed by atoms with Gasteiger partial charge in [0.1, 0.15) is 0 Å². The molecule has 0 aliphatic heterocycles. The smallest absolute Gasteiger partial charge is 0.0991 e. The molecule has 16 heavy (non-hydrogen) atoms. The summed E-state index contributed by atoms with van der Waals surface area (Å²) in [5, 5.41) is 18.8. The molecule has 3 heteroatoms. The number of hydrogen-bond acceptors (Lipinski definition) is 3. The molecule has 2 unspecified atom stereocenters. The molecule has 2 atom stereocenters. The van der Waals surface area contributed by atoms with Crippen molar-refractivity contribution in [2.45, 2.75) is 32.4 Å². The Morgan fingerprint density at radius 3 is 2.69 bits per heavy atom. The zero-order valence-corrected chi connectivity index (χ0v) is 9.72. The Morgan fingerprint density at radius 2 is 2.12 bits per heavy atom. The van der Waals surface area contributed by atoms with Gasteiger partial charge in [-0.25, -0.2) is 0 Å². The number of benzene rings is 1. The highest BCUT2D eigenvalue weighted by Crippen LogP contribution is 2.20. The van der Waals surface area contributed by atoms with Gasteiger partial charge >= 0.3 is 0 Å². The zero-order valence-electron chi connectivity index (χ0n) is 9.72. The SMILES string of the molecule is CC(C)CC(N)C(O)c1cccc(C#N)c1. The number of nitriles is 1. The first kappa shape index (κ1) is 12.7. The summed E-state index contributed by atoms with van der Waals surface area (Å²) in [7, 11) is 0. The molecule has 0 saturated carbocycles. The van der Waals surface area contributed by atoms with E-state index in [4.69, 9.17) is 11.0 Å². The van der Waals surface area contributed by atoms with Gasteiger partial charge in [0.05, 0.1) is 17.7 Å². The van der Waals surface area contributed by atoms with Crippen LogP contribution in [0.4, 0.5) is 0 Å². The molecule has 0 amide bonds. The third-order valence-electron chi connectivity index (χ3n) is 2.51. The van der Waals surface area contributed by atoms with Crippen LogP contribution in [-0.4, -0.2) is 11.1 Å². The van der Waals surface area contributed by atoms with E-state index in [1.54, 1.807) is 24.3 Å². The van der Waals surface area contributed by atoms with Crippen LogP contribution < -0.4 is 5.73 Å². The fourth-order valence-corrected chi connectivity index (χ4v) is 1.71. The van der Waals surface area contributed by atoms with E-state index >= 15 is 0 Å². The summed E-state index contributed by atoms with van der Waals surface area (Å²) in [5.74, 6) is 0.448. The molecule has 0 spiro atoms. The lowest BCUT2D eigenvalue weighted by atomic mass is 9.94. The highest BCUT2D eigenvalue weighted by molar-refractivity contribution is 5.34. The van der Waals surface area contributed by atoms with Crippen molar-refractivity contribution in [2.24, 2.45) is 11.7 Å². The summed E-state index contributed by atoms with van der Waals surface area (Å²) in [6, 6.07) is 8.72. The molecule has 0 heterocycles. The molecule has 0 fully saturated rings. The van der Waals surface area contributed by atoms with Crippen molar-refractivity contribution in [1.29, 1.82) is 5.26 Å². The fourth-order valence-electron chi connectivity index (χ4n) is 1.71. The first-order valence-corrected chi connectivity index (χ1v) is 5.48. The quantitative estimate of drug-likeness (QED) is 0.811. The van der Waals surface area contributed by atoms with Gasteiger partial charge in [0.2, 0.25) is 0 Å². The lowest BCUT2D eigenvalue weighted by molar-refractivity contribution is 0.136. The topological polar surface area (TPSA) is 70.0 Å². The van der Waals surface area contributed by atoms with Gasteiger partial charge in [0.25, 0.3) is 0 Å². The van der Waals surface area contributed by atoms with Crippen LogP contribution in [0.25, 0.3) is 0 Å². The van der Waals surface area contributed by atoms with Crippen molar-refractivity contribution in [3.8, 4) is 6.07 Å². The van der Waals surface area contributed by atoms with Crippen LogP contribution in [0.5, 0.6) is 0 Å². The molecular formula is C13H18N2O. The lowest BCUT2D eigenvalue weighted by Crippen LogP contribution is -2.29. The number of aliphatic hydroxyl groups excluding tert-OH is 1. The molecule has 1 aromatic rings. The van der Waals surface area contributed by atoms with E-state index in [0.717, 1.165) is 6.42 Å². The average Bonchev–Trinajstić information content (AvgIpc) is 2.27. The third kappa shape index (κ3) is 3.34. The Kier molecular flexibility index (Phi) is 4.48. The van der Waals surface area contributed by atoms with E-state index < -0.39 is 6.10 Å². The number of nitrogens with two attached hydrogens (primary N) is 1. The summed E-state index contributed by atoms with van der Waals surface area (Å²) in [5.41, 5.74) is 7.17.